The molecule has 5 fully saturated rings. The van der Waals surface area contributed by atoms with Crippen molar-refractivity contribution in [2.75, 3.05) is 6.61 Å². The zero-order valence-electron chi connectivity index (χ0n) is 10.6. The van der Waals surface area contributed by atoms with Crippen LogP contribution in [0.3, 0.4) is 0 Å². The number of hydrogen-bond donors (Lipinski definition) is 0. The quantitative estimate of drug-likeness (QED) is 0.656. The van der Waals surface area contributed by atoms with Crippen LogP contribution in [0.2, 0.25) is 0 Å². The molecular formula is C14H18O4. The van der Waals surface area contributed by atoms with Gasteiger partial charge in [0.15, 0.2) is 11.2 Å². The summed E-state index contributed by atoms with van der Waals surface area (Å²) in [4.78, 5) is 12.9. The van der Waals surface area contributed by atoms with E-state index in [0.29, 0.717) is 12.5 Å². The topological polar surface area (TPSA) is 54.7 Å². The van der Waals surface area contributed by atoms with Gasteiger partial charge in [-0.1, -0.05) is 19.3 Å². The minimum absolute atomic E-state index is 0.0212. The molecule has 0 aromatic rings. The third-order valence-electron chi connectivity index (χ3n) is 5.99. The molecular weight excluding hydrogens is 232 g/mol. The van der Waals surface area contributed by atoms with Crippen molar-refractivity contribution in [3.05, 3.63) is 0 Å². The van der Waals surface area contributed by atoms with Gasteiger partial charge in [-0.3, -0.25) is 4.79 Å². The van der Waals surface area contributed by atoms with Gasteiger partial charge in [-0.05, 0) is 25.7 Å². The molecule has 0 aromatic heterocycles. The smallest absolute Gasteiger partial charge is 0.204 e. The van der Waals surface area contributed by atoms with Crippen molar-refractivity contribution in [1.29, 1.82) is 0 Å². The van der Waals surface area contributed by atoms with E-state index >= 15 is 0 Å². The summed E-state index contributed by atoms with van der Waals surface area (Å²) in [5.41, 5.74) is -1.57. The number of epoxide rings is 3. The molecule has 4 nitrogen and oxygen atoms in total. The van der Waals surface area contributed by atoms with Gasteiger partial charge in [-0.2, -0.15) is 0 Å². The summed E-state index contributed by atoms with van der Waals surface area (Å²) < 4.78 is 17.3. The lowest BCUT2D eigenvalue weighted by Gasteiger charge is -2.32. The number of hydrogen-bond acceptors (Lipinski definition) is 4. The van der Waals surface area contributed by atoms with Gasteiger partial charge in [0.05, 0.1) is 6.61 Å². The lowest BCUT2D eigenvalue weighted by Crippen LogP contribution is -2.56. The minimum atomic E-state index is -0.651. The predicted molar refractivity (Wildman–Crippen MR) is 61.1 cm³/mol. The van der Waals surface area contributed by atoms with Crippen molar-refractivity contribution < 1.29 is 19.0 Å². The van der Waals surface area contributed by atoms with Crippen LogP contribution in [0, 0.1) is 5.92 Å². The molecule has 1 spiro atoms. The molecule has 0 amide bonds. The van der Waals surface area contributed by atoms with Gasteiger partial charge in [0.1, 0.15) is 17.8 Å². The van der Waals surface area contributed by atoms with E-state index in [2.05, 4.69) is 0 Å². The number of ketones is 1. The molecule has 5 aliphatic rings. The maximum atomic E-state index is 12.9. The first-order valence-corrected chi connectivity index (χ1v) is 7.20. The molecule has 5 rings (SSSR count). The molecule has 0 N–H and O–H groups in total. The second kappa shape index (κ2) is 2.69. The van der Waals surface area contributed by atoms with Gasteiger partial charge in [0, 0.05) is 0 Å². The third kappa shape index (κ3) is 0.869. The van der Waals surface area contributed by atoms with Gasteiger partial charge < -0.3 is 14.2 Å². The maximum Gasteiger partial charge on any atom is 0.204 e. The van der Waals surface area contributed by atoms with Crippen LogP contribution in [0.1, 0.15) is 39.0 Å². The Hall–Kier alpha value is -0.450. The van der Waals surface area contributed by atoms with Crippen LogP contribution in [-0.2, 0) is 19.0 Å². The summed E-state index contributed by atoms with van der Waals surface area (Å²) in [7, 11) is 0. The first-order valence-electron chi connectivity index (χ1n) is 7.20. The highest BCUT2D eigenvalue weighted by Crippen LogP contribution is 2.70. The maximum absolute atomic E-state index is 12.9. The van der Waals surface area contributed by atoms with E-state index in [0.717, 1.165) is 12.8 Å². The molecule has 98 valence electrons. The van der Waals surface area contributed by atoms with Crippen LogP contribution in [0.5, 0.6) is 0 Å². The minimum Gasteiger partial charge on any atom is -0.360 e. The monoisotopic (exact) mass is 250 g/mol. The van der Waals surface area contributed by atoms with Crippen LogP contribution in [-0.4, -0.2) is 41.4 Å². The summed E-state index contributed by atoms with van der Waals surface area (Å²) in [5, 5.41) is 0. The number of carbonyl (C=O) groups excluding carboxylic acids is 1. The number of rotatable bonds is 1. The molecule has 2 saturated carbocycles. The first-order chi connectivity index (χ1) is 8.65. The van der Waals surface area contributed by atoms with E-state index in [1.54, 1.807) is 0 Å². The molecule has 5 atom stereocenters. The van der Waals surface area contributed by atoms with E-state index in [9.17, 15) is 4.79 Å². The van der Waals surface area contributed by atoms with E-state index in [1.165, 1.54) is 19.3 Å². The Morgan fingerprint density at radius 1 is 1.11 bits per heavy atom. The van der Waals surface area contributed by atoms with Gasteiger partial charge in [-0.25, -0.2) is 0 Å². The predicted octanol–water partition coefficient (Wildman–Crippen LogP) is 1.21. The molecule has 18 heavy (non-hydrogen) atoms. The van der Waals surface area contributed by atoms with Crippen molar-refractivity contribution in [2.24, 2.45) is 5.92 Å². The summed E-state index contributed by atoms with van der Waals surface area (Å²) in [5.74, 6) is 0.599. The van der Waals surface area contributed by atoms with Crippen LogP contribution in [0.4, 0.5) is 0 Å². The van der Waals surface area contributed by atoms with Crippen LogP contribution >= 0.6 is 0 Å². The second-order valence-corrected chi connectivity index (χ2v) is 6.76. The standard InChI is InChI=1S/C14H18O4/c1-12-9(17-12)10-14(18-10,8-5-3-2-4-6-8)11(15)13(12)7-16-13/h8-10H,2-7H2,1H3/t9-,10-,12-,13+,14-/m0/s1. The molecule has 0 aromatic carbocycles. The zero-order chi connectivity index (χ0) is 12.2. The first kappa shape index (κ1) is 10.4. The van der Waals surface area contributed by atoms with Gasteiger partial charge in [0.25, 0.3) is 0 Å². The number of carbonyl (C=O) groups is 1. The number of fused-ring (bicyclic) bond motifs is 4. The van der Waals surface area contributed by atoms with Crippen molar-refractivity contribution in [3.63, 3.8) is 0 Å². The van der Waals surface area contributed by atoms with Crippen LogP contribution < -0.4 is 0 Å². The molecule has 4 heteroatoms. The molecule has 0 radical (unpaired) electrons. The van der Waals surface area contributed by atoms with Crippen LogP contribution in [0.25, 0.3) is 0 Å². The average Bonchev–Trinajstić information content (AvgIpc) is 3.24. The Labute approximate surface area is 106 Å². The van der Waals surface area contributed by atoms with Gasteiger partial charge in [-0.15, -0.1) is 0 Å². The highest BCUT2D eigenvalue weighted by atomic mass is 16.7. The zero-order valence-corrected chi connectivity index (χ0v) is 10.6. The fourth-order valence-corrected chi connectivity index (χ4v) is 4.63. The van der Waals surface area contributed by atoms with E-state index in [-0.39, 0.29) is 23.6 Å². The molecule has 0 unspecified atom stereocenters. The average molecular weight is 250 g/mol. The lowest BCUT2D eigenvalue weighted by atomic mass is 9.66. The Kier molecular flexibility index (Phi) is 1.55. The van der Waals surface area contributed by atoms with E-state index < -0.39 is 11.2 Å². The van der Waals surface area contributed by atoms with Crippen molar-refractivity contribution >= 4 is 5.78 Å². The second-order valence-electron chi connectivity index (χ2n) is 6.76. The Morgan fingerprint density at radius 3 is 2.50 bits per heavy atom. The van der Waals surface area contributed by atoms with E-state index in [1.807, 2.05) is 6.92 Å². The molecule has 3 aliphatic heterocycles. The van der Waals surface area contributed by atoms with Crippen molar-refractivity contribution in [3.8, 4) is 0 Å². The fraction of sp³-hybridized carbons (Fsp3) is 0.929. The molecule has 3 saturated heterocycles. The molecule has 2 aliphatic carbocycles. The van der Waals surface area contributed by atoms with E-state index in [4.69, 9.17) is 14.2 Å². The highest BCUT2D eigenvalue weighted by molar-refractivity contribution is 6.03. The summed E-state index contributed by atoms with van der Waals surface area (Å²) in [6, 6.07) is 0. The highest BCUT2D eigenvalue weighted by Gasteiger charge is 2.92. The van der Waals surface area contributed by atoms with Crippen molar-refractivity contribution in [1.82, 2.24) is 0 Å². The molecule has 0 bridgehead atoms. The summed E-state index contributed by atoms with van der Waals surface area (Å²) >= 11 is 0. The summed E-state index contributed by atoms with van der Waals surface area (Å²) in [6.45, 7) is 2.54. The Morgan fingerprint density at radius 2 is 1.83 bits per heavy atom. The summed E-state index contributed by atoms with van der Waals surface area (Å²) in [6.07, 6.45) is 6.13. The van der Waals surface area contributed by atoms with Gasteiger partial charge >= 0.3 is 0 Å². The van der Waals surface area contributed by atoms with Crippen molar-refractivity contribution in [2.45, 2.75) is 68.0 Å². The Bertz CT molecular complexity index is 451. The Balaban J connectivity index is 1.55. The lowest BCUT2D eigenvalue weighted by molar-refractivity contribution is -0.134. The number of ether oxygens (including phenoxy) is 3. The third-order valence-corrected chi connectivity index (χ3v) is 5.99. The largest absolute Gasteiger partial charge is 0.360 e. The SMILES string of the molecule is C[C@]12O[C@H]1[C@@H]1O[C@]1(C1CCCCC1)C(=O)[C@]21CO1. The van der Waals surface area contributed by atoms with Gasteiger partial charge in [0.2, 0.25) is 5.78 Å². The normalized spacial score (nSPS) is 61.3. The molecule has 3 heterocycles. The van der Waals surface area contributed by atoms with Crippen LogP contribution in [0.15, 0.2) is 0 Å². The fourth-order valence-electron chi connectivity index (χ4n) is 4.63. The number of Topliss-reactive ketones (excluding diaryl/α,β-unsaturated/α-hetero) is 1.